The first-order valence-electron chi connectivity index (χ1n) is 10.1. The molecule has 0 radical (unpaired) electrons. The van der Waals surface area contributed by atoms with Crippen LogP contribution in [0.3, 0.4) is 0 Å². The molecule has 2 amide bonds. The second kappa shape index (κ2) is 10.2. The fourth-order valence-corrected chi connectivity index (χ4v) is 4.23. The number of carbonyl (C=O) groups excluding carboxylic acids is 2. The van der Waals surface area contributed by atoms with Crippen molar-refractivity contribution in [2.24, 2.45) is 0 Å². The number of rotatable bonds is 8. The molecule has 3 rings (SSSR count). The molecule has 0 fully saturated rings. The Morgan fingerprint density at radius 3 is 2.03 bits per heavy atom. The molecule has 3 aromatic rings. The maximum atomic E-state index is 12.7. The molecule has 33 heavy (non-hydrogen) atoms. The molecule has 0 aliphatic heterocycles. The zero-order valence-corrected chi connectivity index (χ0v) is 19.3. The van der Waals surface area contributed by atoms with Crippen molar-refractivity contribution in [3.63, 3.8) is 0 Å². The van der Waals surface area contributed by atoms with Gasteiger partial charge in [0.2, 0.25) is 5.91 Å². The average molecular weight is 468 g/mol. The third kappa shape index (κ3) is 7.08. The summed E-state index contributed by atoms with van der Waals surface area (Å²) in [6.45, 7) is 4.92. The summed E-state index contributed by atoms with van der Waals surface area (Å²) in [5.74, 6) is -0.262. The number of aryl methyl sites for hydroxylation is 2. The molecule has 0 heterocycles. The smallest absolute Gasteiger partial charge is 0.262 e. The fraction of sp³-hybridized carbons (Fsp3) is 0.167. The molecular formula is C24H25N3O5S. The Hall–Kier alpha value is -3.85. The van der Waals surface area contributed by atoms with E-state index in [0.29, 0.717) is 22.8 Å². The minimum absolute atomic E-state index is 0.0771. The van der Waals surface area contributed by atoms with E-state index in [2.05, 4.69) is 15.4 Å². The molecule has 0 saturated heterocycles. The van der Waals surface area contributed by atoms with Crippen LogP contribution in [0.5, 0.6) is 5.75 Å². The summed E-state index contributed by atoms with van der Waals surface area (Å²) in [6, 6.07) is 18.0. The third-order valence-corrected chi connectivity index (χ3v) is 5.84. The number of amides is 2. The summed E-state index contributed by atoms with van der Waals surface area (Å²) in [4.78, 5) is 23.4. The molecule has 3 aromatic carbocycles. The van der Waals surface area contributed by atoms with Crippen molar-refractivity contribution in [1.82, 2.24) is 0 Å². The van der Waals surface area contributed by atoms with E-state index in [-0.39, 0.29) is 17.4 Å². The van der Waals surface area contributed by atoms with Crippen LogP contribution in [0.1, 0.15) is 18.1 Å². The van der Waals surface area contributed by atoms with Gasteiger partial charge in [0, 0.05) is 24.0 Å². The minimum atomic E-state index is -3.76. The van der Waals surface area contributed by atoms with Crippen molar-refractivity contribution >= 4 is 38.9 Å². The summed E-state index contributed by atoms with van der Waals surface area (Å²) in [5.41, 5.74) is 3.47. The quantitative estimate of drug-likeness (QED) is 0.462. The maximum absolute atomic E-state index is 12.7. The van der Waals surface area contributed by atoms with Crippen LogP contribution in [0.4, 0.5) is 17.1 Å². The molecule has 3 N–H and O–H groups in total. The summed E-state index contributed by atoms with van der Waals surface area (Å²) in [6.07, 6.45) is 0. The van der Waals surface area contributed by atoms with E-state index in [9.17, 15) is 18.0 Å². The SMILES string of the molecule is CC(=O)Nc1cccc(NC(=O)COc2ccc(S(=O)(=O)Nc3cc(C)cc(C)c3)cc2)c1. The van der Waals surface area contributed by atoms with E-state index in [1.54, 1.807) is 36.4 Å². The Kier molecular flexibility index (Phi) is 7.34. The molecule has 9 heteroatoms. The van der Waals surface area contributed by atoms with Crippen molar-refractivity contribution in [2.75, 3.05) is 22.0 Å². The van der Waals surface area contributed by atoms with Crippen molar-refractivity contribution in [3.05, 3.63) is 77.9 Å². The zero-order valence-electron chi connectivity index (χ0n) is 18.5. The Bertz CT molecular complexity index is 1250. The van der Waals surface area contributed by atoms with Crippen LogP contribution in [0, 0.1) is 13.8 Å². The van der Waals surface area contributed by atoms with E-state index >= 15 is 0 Å². The number of hydrogen-bond donors (Lipinski definition) is 3. The second-order valence-corrected chi connectivity index (χ2v) is 9.23. The molecule has 172 valence electrons. The van der Waals surface area contributed by atoms with Crippen molar-refractivity contribution < 1.29 is 22.7 Å². The van der Waals surface area contributed by atoms with Gasteiger partial charge in [0.05, 0.1) is 4.90 Å². The highest BCUT2D eigenvalue weighted by Crippen LogP contribution is 2.21. The maximum Gasteiger partial charge on any atom is 0.262 e. The van der Waals surface area contributed by atoms with Gasteiger partial charge < -0.3 is 15.4 Å². The van der Waals surface area contributed by atoms with Crippen LogP contribution in [0.2, 0.25) is 0 Å². The van der Waals surface area contributed by atoms with Crippen LogP contribution in [0.25, 0.3) is 0 Å². The number of sulfonamides is 1. The minimum Gasteiger partial charge on any atom is -0.484 e. The standard InChI is InChI=1S/C24H25N3O5S/c1-16-11-17(2)13-21(12-16)27-33(30,31)23-9-7-22(8-10-23)32-15-24(29)26-20-6-4-5-19(14-20)25-18(3)28/h4-14,27H,15H2,1-3H3,(H,25,28)(H,26,29). The number of ether oxygens (including phenoxy) is 1. The van der Waals surface area contributed by atoms with Crippen molar-refractivity contribution in [2.45, 2.75) is 25.7 Å². The highest BCUT2D eigenvalue weighted by atomic mass is 32.2. The van der Waals surface area contributed by atoms with Crippen LogP contribution in [0.15, 0.2) is 71.6 Å². The van der Waals surface area contributed by atoms with Crippen molar-refractivity contribution in [3.8, 4) is 5.75 Å². The van der Waals surface area contributed by atoms with E-state index in [4.69, 9.17) is 4.74 Å². The Labute approximate surface area is 193 Å². The Morgan fingerprint density at radius 2 is 1.42 bits per heavy atom. The normalized spacial score (nSPS) is 10.9. The topological polar surface area (TPSA) is 114 Å². The van der Waals surface area contributed by atoms with Crippen LogP contribution in [-0.2, 0) is 19.6 Å². The number of anilines is 3. The van der Waals surface area contributed by atoms with Crippen molar-refractivity contribution in [1.29, 1.82) is 0 Å². The van der Waals surface area contributed by atoms with E-state index in [1.165, 1.54) is 31.2 Å². The number of carbonyl (C=O) groups is 2. The first-order valence-corrected chi connectivity index (χ1v) is 11.6. The Morgan fingerprint density at radius 1 is 0.818 bits per heavy atom. The Balaban J connectivity index is 1.58. The summed E-state index contributed by atoms with van der Waals surface area (Å²) in [5, 5.41) is 5.32. The third-order valence-electron chi connectivity index (χ3n) is 4.44. The lowest BCUT2D eigenvalue weighted by Gasteiger charge is -2.11. The van der Waals surface area contributed by atoms with Gasteiger partial charge in [-0.3, -0.25) is 14.3 Å². The fourth-order valence-electron chi connectivity index (χ4n) is 3.19. The molecule has 0 aromatic heterocycles. The highest BCUT2D eigenvalue weighted by molar-refractivity contribution is 7.92. The van der Waals surface area contributed by atoms with E-state index < -0.39 is 15.9 Å². The average Bonchev–Trinajstić information content (AvgIpc) is 2.71. The largest absolute Gasteiger partial charge is 0.484 e. The monoisotopic (exact) mass is 467 g/mol. The molecule has 0 aliphatic carbocycles. The van der Waals surface area contributed by atoms with Gasteiger partial charge in [-0.1, -0.05) is 12.1 Å². The summed E-state index contributed by atoms with van der Waals surface area (Å²) >= 11 is 0. The molecule has 0 saturated carbocycles. The van der Waals surface area contributed by atoms with Gasteiger partial charge >= 0.3 is 0 Å². The predicted molar refractivity (Wildman–Crippen MR) is 128 cm³/mol. The van der Waals surface area contributed by atoms with Gasteiger partial charge in [-0.05, 0) is 79.6 Å². The number of hydrogen-bond acceptors (Lipinski definition) is 5. The molecule has 8 nitrogen and oxygen atoms in total. The lowest BCUT2D eigenvalue weighted by Crippen LogP contribution is -2.20. The lowest BCUT2D eigenvalue weighted by atomic mass is 10.1. The van der Waals surface area contributed by atoms with Gasteiger partial charge in [0.25, 0.3) is 15.9 Å². The molecule has 0 spiro atoms. The molecule has 0 aliphatic rings. The molecule has 0 bridgehead atoms. The lowest BCUT2D eigenvalue weighted by molar-refractivity contribution is -0.118. The molecule has 0 atom stereocenters. The second-order valence-electron chi connectivity index (χ2n) is 7.55. The van der Waals surface area contributed by atoms with Gasteiger partial charge in [0.15, 0.2) is 6.61 Å². The zero-order chi connectivity index (χ0) is 24.0. The number of nitrogens with one attached hydrogen (secondary N) is 3. The van der Waals surface area contributed by atoms with E-state index in [1.807, 2.05) is 19.9 Å². The molecule has 0 unspecified atom stereocenters. The van der Waals surface area contributed by atoms with Crippen LogP contribution >= 0.6 is 0 Å². The van der Waals surface area contributed by atoms with Crippen LogP contribution < -0.4 is 20.1 Å². The predicted octanol–water partition coefficient (Wildman–Crippen LogP) is 4.08. The van der Waals surface area contributed by atoms with E-state index in [0.717, 1.165) is 11.1 Å². The van der Waals surface area contributed by atoms with Crippen LogP contribution in [-0.4, -0.2) is 26.8 Å². The first kappa shape index (κ1) is 23.8. The van der Waals surface area contributed by atoms with Gasteiger partial charge in [-0.15, -0.1) is 0 Å². The molecular weight excluding hydrogens is 442 g/mol. The first-order chi connectivity index (χ1) is 15.6. The summed E-state index contributed by atoms with van der Waals surface area (Å²) in [7, 11) is -3.76. The van der Waals surface area contributed by atoms with Gasteiger partial charge in [0.1, 0.15) is 5.75 Å². The van der Waals surface area contributed by atoms with Gasteiger partial charge in [-0.25, -0.2) is 8.42 Å². The number of benzene rings is 3. The highest BCUT2D eigenvalue weighted by Gasteiger charge is 2.15. The van der Waals surface area contributed by atoms with Gasteiger partial charge in [-0.2, -0.15) is 0 Å². The summed E-state index contributed by atoms with van der Waals surface area (Å²) < 4.78 is 33.3.